The van der Waals surface area contributed by atoms with Crippen LogP contribution in [0.3, 0.4) is 0 Å². The maximum Gasteiger partial charge on any atom is 0.126 e. The lowest BCUT2D eigenvalue weighted by atomic mass is 9.83. The summed E-state index contributed by atoms with van der Waals surface area (Å²) in [7, 11) is 0. The van der Waals surface area contributed by atoms with Crippen molar-refractivity contribution in [2.45, 2.75) is 39.2 Å². The molecule has 1 aromatic carbocycles. The van der Waals surface area contributed by atoms with Gasteiger partial charge in [0.2, 0.25) is 0 Å². The minimum atomic E-state index is -0.786. The van der Waals surface area contributed by atoms with E-state index in [1.54, 1.807) is 19.1 Å². The second kappa shape index (κ2) is 5.59. The first kappa shape index (κ1) is 14.5. The molecule has 0 saturated carbocycles. The van der Waals surface area contributed by atoms with Crippen molar-refractivity contribution >= 4 is 0 Å². The molecule has 1 saturated heterocycles. The summed E-state index contributed by atoms with van der Waals surface area (Å²) in [6.07, 6.45) is 1.45. The number of benzene rings is 1. The molecule has 2 rings (SSSR count). The molecule has 0 aliphatic carbocycles. The number of aryl methyl sites for hydroxylation is 1. The van der Waals surface area contributed by atoms with Crippen molar-refractivity contribution in [3.8, 4) is 0 Å². The number of halogens is 1. The molecule has 1 heterocycles. The van der Waals surface area contributed by atoms with Crippen LogP contribution in [0, 0.1) is 18.7 Å². The fourth-order valence-corrected chi connectivity index (χ4v) is 2.84. The maximum absolute atomic E-state index is 13.3. The van der Waals surface area contributed by atoms with Crippen LogP contribution in [-0.4, -0.2) is 29.6 Å². The highest BCUT2D eigenvalue weighted by atomic mass is 19.1. The lowest BCUT2D eigenvalue weighted by Gasteiger charge is -2.39. The van der Waals surface area contributed by atoms with Gasteiger partial charge in [-0.1, -0.05) is 26.0 Å². The monoisotopic (exact) mass is 265 g/mol. The van der Waals surface area contributed by atoms with E-state index in [0.717, 1.165) is 38.0 Å². The third-order valence-electron chi connectivity index (χ3n) is 4.00. The molecule has 1 fully saturated rings. The summed E-state index contributed by atoms with van der Waals surface area (Å²) >= 11 is 0. The Balaban J connectivity index is 2.06. The van der Waals surface area contributed by atoms with Gasteiger partial charge in [-0.05, 0) is 42.9 Å². The quantitative estimate of drug-likeness (QED) is 0.908. The molecule has 0 unspecified atom stereocenters. The molecule has 1 aromatic rings. The molecule has 1 aliphatic rings. The standard InChI is InChI=1S/C16H24FNO/c1-12(2)11-18-8-6-16(19,7-9-18)14-4-5-15(17)13(3)10-14/h4-5,10,12,19H,6-9,11H2,1-3H3. The van der Waals surface area contributed by atoms with Crippen molar-refractivity contribution in [1.29, 1.82) is 0 Å². The fourth-order valence-electron chi connectivity index (χ4n) is 2.84. The normalized spacial score (nSPS) is 19.9. The van der Waals surface area contributed by atoms with Crippen LogP contribution in [0.15, 0.2) is 18.2 Å². The van der Waals surface area contributed by atoms with Crippen LogP contribution in [0.1, 0.15) is 37.8 Å². The second-order valence-electron chi connectivity index (χ2n) is 6.19. The van der Waals surface area contributed by atoms with E-state index in [9.17, 15) is 9.50 Å². The van der Waals surface area contributed by atoms with Crippen LogP contribution < -0.4 is 0 Å². The summed E-state index contributed by atoms with van der Waals surface area (Å²) in [5, 5.41) is 10.8. The van der Waals surface area contributed by atoms with Gasteiger partial charge in [-0.3, -0.25) is 0 Å². The average Bonchev–Trinajstić information content (AvgIpc) is 2.35. The van der Waals surface area contributed by atoms with E-state index in [-0.39, 0.29) is 5.82 Å². The van der Waals surface area contributed by atoms with Gasteiger partial charge in [-0.15, -0.1) is 0 Å². The van der Waals surface area contributed by atoms with E-state index in [1.807, 2.05) is 0 Å². The first-order valence-electron chi connectivity index (χ1n) is 7.12. The van der Waals surface area contributed by atoms with Gasteiger partial charge in [0.1, 0.15) is 5.82 Å². The molecule has 1 aliphatic heterocycles. The molecule has 0 bridgehead atoms. The molecule has 2 nitrogen and oxygen atoms in total. The highest BCUT2D eigenvalue weighted by molar-refractivity contribution is 5.29. The van der Waals surface area contributed by atoms with E-state index >= 15 is 0 Å². The lowest BCUT2D eigenvalue weighted by Crippen LogP contribution is -2.43. The van der Waals surface area contributed by atoms with Crippen molar-refractivity contribution in [3.63, 3.8) is 0 Å². The van der Waals surface area contributed by atoms with Crippen molar-refractivity contribution in [2.24, 2.45) is 5.92 Å². The van der Waals surface area contributed by atoms with E-state index in [0.29, 0.717) is 11.5 Å². The van der Waals surface area contributed by atoms with Crippen molar-refractivity contribution in [3.05, 3.63) is 35.1 Å². The summed E-state index contributed by atoms with van der Waals surface area (Å²) in [6.45, 7) is 9.07. The number of hydrogen-bond donors (Lipinski definition) is 1. The molecule has 0 atom stereocenters. The van der Waals surface area contributed by atoms with Gasteiger partial charge in [0, 0.05) is 19.6 Å². The molecule has 0 aromatic heterocycles. The number of rotatable bonds is 3. The smallest absolute Gasteiger partial charge is 0.126 e. The van der Waals surface area contributed by atoms with E-state index in [4.69, 9.17) is 0 Å². The molecule has 3 heteroatoms. The van der Waals surface area contributed by atoms with Gasteiger partial charge in [-0.2, -0.15) is 0 Å². The Morgan fingerprint density at radius 2 is 1.95 bits per heavy atom. The van der Waals surface area contributed by atoms with Gasteiger partial charge in [0.15, 0.2) is 0 Å². The molecule has 1 N–H and O–H groups in total. The SMILES string of the molecule is Cc1cc(C2(O)CCN(CC(C)C)CC2)ccc1F. The van der Waals surface area contributed by atoms with Crippen LogP contribution in [-0.2, 0) is 5.60 Å². The minimum Gasteiger partial charge on any atom is -0.385 e. The number of hydrogen-bond acceptors (Lipinski definition) is 2. The van der Waals surface area contributed by atoms with Crippen molar-refractivity contribution < 1.29 is 9.50 Å². The van der Waals surface area contributed by atoms with Crippen LogP contribution in [0.2, 0.25) is 0 Å². The zero-order valence-corrected chi connectivity index (χ0v) is 12.1. The largest absolute Gasteiger partial charge is 0.385 e. The molecule has 19 heavy (non-hydrogen) atoms. The predicted octanol–water partition coefficient (Wildman–Crippen LogP) is 3.07. The molecular formula is C16H24FNO. The Morgan fingerprint density at radius 1 is 1.32 bits per heavy atom. The Kier molecular flexibility index (Phi) is 4.26. The maximum atomic E-state index is 13.3. The van der Waals surface area contributed by atoms with E-state index in [1.165, 1.54) is 6.07 Å². The van der Waals surface area contributed by atoms with Gasteiger partial charge in [0.25, 0.3) is 0 Å². The molecule has 106 valence electrons. The van der Waals surface area contributed by atoms with Crippen LogP contribution in [0.25, 0.3) is 0 Å². The summed E-state index contributed by atoms with van der Waals surface area (Å²) in [4.78, 5) is 2.40. The highest BCUT2D eigenvalue weighted by Gasteiger charge is 2.34. The highest BCUT2D eigenvalue weighted by Crippen LogP contribution is 2.33. The summed E-state index contributed by atoms with van der Waals surface area (Å²) in [6, 6.07) is 4.97. The number of likely N-dealkylation sites (tertiary alicyclic amines) is 1. The Morgan fingerprint density at radius 3 is 2.47 bits per heavy atom. The molecule has 0 amide bonds. The topological polar surface area (TPSA) is 23.5 Å². The zero-order valence-electron chi connectivity index (χ0n) is 12.1. The lowest BCUT2D eigenvalue weighted by molar-refractivity contribution is -0.0280. The average molecular weight is 265 g/mol. The Labute approximate surface area is 115 Å². The third-order valence-corrected chi connectivity index (χ3v) is 4.00. The van der Waals surface area contributed by atoms with Gasteiger partial charge in [-0.25, -0.2) is 4.39 Å². The molecular weight excluding hydrogens is 241 g/mol. The summed E-state index contributed by atoms with van der Waals surface area (Å²) in [5.74, 6) is 0.448. The zero-order chi connectivity index (χ0) is 14.0. The Bertz CT molecular complexity index is 436. The van der Waals surface area contributed by atoms with Crippen molar-refractivity contribution in [1.82, 2.24) is 4.90 Å². The second-order valence-corrected chi connectivity index (χ2v) is 6.19. The van der Waals surface area contributed by atoms with E-state index < -0.39 is 5.60 Å². The number of nitrogens with zero attached hydrogens (tertiary/aromatic N) is 1. The number of piperidine rings is 1. The first-order valence-corrected chi connectivity index (χ1v) is 7.12. The van der Waals surface area contributed by atoms with Crippen LogP contribution in [0.5, 0.6) is 0 Å². The minimum absolute atomic E-state index is 0.204. The van der Waals surface area contributed by atoms with Gasteiger partial charge < -0.3 is 10.0 Å². The number of aliphatic hydroxyl groups is 1. The van der Waals surface area contributed by atoms with Crippen molar-refractivity contribution in [2.75, 3.05) is 19.6 Å². The van der Waals surface area contributed by atoms with Gasteiger partial charge >= 0.3 is 0 Å². The first-order chi connectivity index (χ1) is 8.90. The fraction of sp³-hybridized carbons (Fsp3) is 0.625. The van der Waals surface area contributed by atoms with E-state index in [2.05, 4.69) is 18.7 Å². The van der Waals surface area contributed by atoms with Crippen LogP contribution in [0.4, 0.5) is 4.39 Å². The molecule has 0 spiro atoms. The Hall–Kier alpha value is -0.930. The molecule has 0 radical (unpaired) electrons. The van der Waals surface area contributed by atoms with Crippen LogP contribution >= 0.6 is 0 Å². The summed E-state index contributed by atoms with van der Waals surface area (Å²) < 4.78 is 13.3. The summed E-state index contributed by atoms with van der Waals surface area (Å²) in [5.41, 5.74) is 0.678. The predicted molar refractivity (Wildman–Crippen MR) is 75.5 cm³/mol. The van der Waals surface area contributed by atoms with Gasteiger partial charge in [0.05, 0.1) is 5.60 Å². The third kappa shape index (κ3) is 3.34.